The molecular formula is C23H35N3O5. The lowest BCUT2D eigenvalue weighted by atomic mass is 10.0. The summed E-state index contributed by atoms with van der Waals surface area (Å²) in [6, 6.07) is 4.88. The Kier molecular flexibility index (Phi) is 9.71. The predicted molar refractivity (Wildman–Crippen MR) is 119 cm³/mol. The van der Waals surface area contributed by atoms with Crippen LogP contribution in [0.4, 0.5) is 4.79 Å². The minimum atomic E-state index is -1.28. The summed E-state index contributed by atoms with van der Waals surface area (Å²) in [6.07, 6.45) is 0.655. The van der Waals surface area contributed by atoms with Crippen LogP contribution in [-0.2, 0) is 14.3 Å². The molecule has 0 saturated carbocycles. The van der Waals surface area contributed by atoms with Gasteiger partial charge in [0, 0.05) is 12.6 Å². The predicted octanol–water partition coefficient (Wildman–Crippen LogP) is 2.46. The second kappa shape index (κ2) is 11.5. The number of alkyl carbamates (subject to hydrolysis) is 1. The number of benzene rings is 1. The number of hydrogen-bond donors (Lipinski definition) is 3. The molecule has 1 rings (SSSR count). The van der Waals surface area contributed by atoms with Gasteiger partial charge in [0.15, 0.2) is 0 Å². The van der Waals surface area contributed by atoms with Gasteiger partial charge in [-0.2, -0.15) is 0 Å². The van der Waals surface area contributed by atoms with Crippen molar-refractivity contribution < 1.29 is 24.2 Å². The van der Waals surface area contributed by atoms with Crippen LogP contribution < -0.4 is 10.6 Å². The molecular weight excluding hydrogens is 398 g/mol. The number of carbonyl (C=O) groups is 3. The molecule has 0 radical (unpaired) electrons. The molecule has 0 spiro atoms. The van der Waals surface area contributed by atoms with E-state index in [2.05, 4.69) is 17.2 Å². The van der Waals surface area contributed by atoms with Gasteiger partial charge in [-0.3, -0.25) is 9.59 Å². The zero-order chi connectivity index (χ0) is 23.8. The highest BCUT2D eigenvalue weighted by Crippen LogP contribution is 2.24. The van der Waals surface area contributed by atoms with E-state index in [1.54, 1.807) is 32.9 Å². The molecule has 0 aliphatic rings. The Balaban J connectivity index is 3.31. The number of aliphatic hydroxyl groups excluding tert-OH is 1. The van der Waals surface area contributed by atoms with E-state index in [9.17, 15) is 19.5 Å². The molecule has 0 bridgehead atoms. The van der Waals surface area contributed by atoms with Gasteiger partial charge >= 0.3 is 6.09 Å². The molecule has 172 valence electrons. The van der Waals surface area contributed by atoms with E-state index in [-0.39, 0.29) is 18.5 Å². The van der Waals surface area contributed by atoms with Gasteiger partial charge in [-0.25, -0.2) is 4.79 Å². The van der Waals surface area contributed by atoms with Crippen LogP contribution in [0.1, 0.15) is 51.8 Å². The fourth-order valence-corrected chi connectivity index (χ4v) is 2.97. The van der Waals surface area contributed by atoms with E-state index in [4.69, 9.17) is 4.74 Å². The average molecular weight is 434 g/mol. The van der Waals surface area contributed by atoms with Crippen LogP contribution in [0.5, 0.6) is 0 Å². The number of carbonyl (C=O) groups excluding carboxylic acids is 3. The van der Waals surface area contributed by atoms with Crippen molar-refractivity contribution in [1.29, 1.82) is 0 Å². The van der Waals surface area contributed by atoms with Gasteiger partial charge in [-0.15, -0.1) is 6.58 Å². The first-order valence-corrected chi connectivity index (χ1v) is 10.3. The molecule has 0 fully saturated rings. The molecule has 1 aromatic rings. The molecule has 8 nitrogen and oxygen atoms in total. The molecule has 1 aromatic carbocycles. The van der Waals surface area contributed by atoms with Crippen molar-refractivity contribution in [3.8, 4) is 0 Å². The van der Waals surface area contributed by atoms with Crippen molar-refractivity contribution in [2.75, 3.05) is 13.2 Å². The Labute approximate surface area is 184 Å². The standard InChI is InChI=1S/C23H35N3O5/c1-8-12-26(21(29)18(14-27)25-22(30)31-23(5,6)7)19(20(28)24-15(2)3)17-11-9-10-16(4)13-17/h8-11,13,15,18-19,27H,1,12,14H2,2-7H3,(H,24,28)(H,25,30). The summed E-state index contributed by atoms with van der Waals surface area (Å²) in [6.45, 7) is 13.7. The van der Waals surface area contributed by atoms with Crippen molar-refractivity contribution in [3.05, 3.63) is 48.0 Å². The zero-order valence-electron chi connectivity index (χ0n) is 19.3. The maximum Gasteiger partial charge on any atom is 0.408 e. The van der Waals surface area contributed by atoms with Crippen LogP contribution in [0.2, 0.25) is 0 Å². The lowest BCUT2D eigenvalue weighted by Gasteiger charge is -2.33. The number of nitrogens with zero attached hydrogens (tertiary/aromatic N) is 1. The number of amides is 3. The van der Waals surface area contributed by atoms with E-state index in [1.165, 1.54) is 11.0 Å². The number of aryl methyl sites for hydroxylation is 1. The van der Waals surface area contributed by atoms with Crippen LogP contribution >= 0.6 is 0 Å². The van der Waals surface area contributed by atoms with Gasteiger partial charge in [0.2, 0.25) is 11.8 Å². The van der Waals surface area contributed by atoms with Crippen molar-refractivity contribution in [1.82, 2.24) is 15.5 Å². The van der Waals surface area contributed by atoms with Crippen LogP contribution in [0, 0.1) is 6.92 Å². The molecule has 3 N–H and O–H groups in total. The topological polar surface area (TPSA) is 108 Å². The van der Waals surface area contributed by atoms with Crippen molar-refractivity contribution in [2.45, 2.75) is 65.3 Å². The highest BCUT2D eigenvalue weighted by Gasteiger charge is 2.35. The normalized spacial score (nSPS) is 13.2. The third-order valence-corrected chi connectivity index (χ3v) is 4.13. The fourth-order valence-electron chi connectivity index (χ4n) is 2.97. The monoisotopic (exact) mass is 433 g/mol. The van der Waals surface area contributed by atoms with E-state index < -0.39 is 36.3 Å². The minimum Gasteiger partial charge on any atom is -0.444 e. The molecule has 31 heavy (non-hydrogen) atoms. The number of aliphatic hydroxyl groups is 1. The molecule has 2 unspecified atom stereocenters. The highest BCUT2D eigenvalue weighted by molar-refractivity contribution is 5.92. The van der Waals surface area contributed by atoms with E-state index in [1.807, 2.05) is 32.9 Å². The summed E-state index contributed by atoms with van der Waals surface area (Å²) < 4.78 is 5.19. The number of rotatable bonds is 9. The van der Waals surface area contributed by atoms with E-state index in [0.29, 0.717) is 5.56 Å². The van der Waals surface area contributed by atoms with E-state index in [0.717, 1.165) is 5.56 Å². The summed E-state index contributed by atoms with van der Waals surface area (Å²) in [7, 11) is 0. The first kappa shape index (κ1) is 26.2. The Morgan fingerprint density at radius 3 is 2.35 bits per heavy atom. The minimum absolute atomic E-state index is 0.0372. The summed E-state index contributed by atoms with van der Waals surface area (Å²) in [5.41, 5.74) is 0.772. The third-order valence-electron chi connectivity index (χ3n) is 4.13. The molecule has 0 aliphatic carbocycles. The molecule has 0 aliphatic heterocycles. The van der Waals surface area contributed by atoms with Crippen LogP contribution in [0.3, 0.4) is 0 Å². The van der Waals surface area contributed by atoms with Gasteiger partial charge < -0.3 is 25.4 Å². The highest BCUT2D eigenvalue weighted by atomic mass is 16.6. The molecule has 0 saturated heterocycles. The lowest BCUT2D eigenvalue weighted by molar-refractivity contribution is -0.142. The van der Waals surface area contributed by atoms with Gasteiger partial charge in [0.25, 0.3) is 0 Å². The van der Waals surface area contributed by atoms with Crippen molar-refractivity contribution >= 4 is 17.9 Å². The summed E-state index contributed by atoms with van der Waals surface area (Å²) in [5.74, 6) is -0.997. The molecule has 0 aromatic heterocycles. The van der Waals surface area contributed by atoms with Crippen molar-refractivity contribution in [2.24, 2.45) is 0 Å². The lowest BCUT2D eigenvalue weighted by Crippen LogP contribution is -2.54. The first-order chi connectivity index (χ1) is 14.4. The number of nitrogens with one attached hydrogen (secondary N) is 2. The summed E-state index contributed by atoms with van der Waals surface area (Å²) >= 11 is 0. The smallest absolute Gasteiger partial charge is 0.408 e. The van der Waals surface area contributed by atoms with Crippen LogP contribution in [0.25, 0.3) is 0 Å². The van der Waals surface area contributed by atoms with Crippen molar-refractivity contribution in [3.63, 3.8) is 0 Å². The van der Waals surface area contributed by atoms with Gasteiger partial charge in [-0.05, 0) is 47.1 Å². The van der Waals surface area contributed by atoms with E-state index >= 15 is 0 Å². The van der Waals surface area contributed by atoms with Gasteiger partial charge in [-0.1, -0.05) is 35.9 Å². The quantitative estimate of drug-likeness (QED) is 0.519. The number of hydrogen-bond acceptors (Lipinski definition) is 5. The summed E-state index contributed by atoms with van der Waals surface area (Å²) in [4.78, 5) is 39.9. The molecule has 3 amide bonds. The largest absolute Gasteiger partial charge is 0.444 e. The maximum atomic E-state index is 13.3. The molecule has 8 heteroatoms. The Hall–Kier alpha value is -2.87. The maximum absolute atomic E-state index is 13.3. The van der Waals surface area contributed by atoms with Gasteiger partial charge in [0.05, 0.1) is 6.61 Å². The zero-order valence-corrected chi connectivity index (χ0v) is 19.3. The van der Waals surface area contributed by atoms with Crippen LogP contribution in [0.15, 0.2) is 36.9 Å². The Morgan fingerprint density at radius 2 is 1.87 bits per heavy atom. The van der Waals surface area contributed by atoms with Crippen LogP contribution in [-0.4, -0.2) is 58.8 Å². The second-order valence-corrected chi connectivity index (χ2v) is 8.64. The number of ether oxygens (including phenoxy) is 1. The Bertz CT molecular complexity index is 786. The molecule has 0 heterocycles. The summed E-state index contributed by atoms with van der Waals surface area (Å²) in [5, 5.41) is 15.0. The fraction of sp³-hybridized carbons (Fsp3) is 0.522. The third kappa shape index (κ3) is 8.41. The SMILES string of the molecule is C=CCN(C(=O)C(CO)NC(=O)OC(C)(C)C)C(C(=O)NC(C)C)c1cccc(C)c1. The second-order valence-electron chi connectivity index (χ2n) is 8.64. The Morgan fingerprint density at radius 1 is 1.23 bits per heavy atom. The average Bonchev–Trinajstić information content (AvgIpc) is 2.63. The molecule has 2 atom stereocenters. The first-order valence-electron chi connectivity index (χ1n) is 10.3. The van der Waals surface area contributed by atoms with Gasteiger partial charge in [0.1, 0.15) is 17.7 Å².